The molecule has 35 heavy (non-hydrogen) atoms. The number of fused-ring (bicyclic) bond motifs is 1. The van der Waals surface area contributed by atoms with E-state index in [0.717, 1.165) is 37.1 Å². The third-order valence-electron chi connectivity index (χ3n) is 7.43. The number of halogens is 3. The van der Waals surface area contributed by atoms with E-state index < -0.39 is 37.1 Å². The number of aliphatic hydroxyl groups is 2. The van der Waals surface area contributed by atoms with Crippen LogP contribution < -0.4 is 21.7 Å². The van der Waals surface area contributed by atoms with E-state index >= 15 is 0 Å². The summed E-state index contributed by atoms with van der Waals surface area (Å²) in [6, 6.07) is 5.49. The molecule has 2 aliphatic heterocycles. The van der Waals surface area contributed by atoms with Gasteiger partial charge >= 0.3 is 6.18 Å². The van der Waals surface area contributed by atoms with Crippen molar-refractivity contribution in [1.29, 1.82) is 0 Å². The highest BCUT2D eigenvalue weighted by Gasteiger charge is 2.45. The van der Waals surface area contributed by atoms with Crippen LogP contribution in [-0.4, -0.2) is 77.3 Å². The van der Waals surface area contributed by atoms with E-state index in [1.807, 2.05) is 0 Å². The van der Waals surface area contributed by atoms with Gasteiger partial charge in [0.1, 0.15) is 24.5 Å². The summed E-state index contributed by atoms with van der Waals surface area (Å²) in [6.45, 7) is 4.94. The first-order chi connectivity index (χ1) is 16.5. The lowest BCUT2D eigenvalue weighted by Crippen LogP contribution is -2.52. The molecule has 5 atom stereocenters. The molecule has 0 aromatic heterocycles. The van der Waals surface area contributed by atoms with Gasteiger partial charge in [-0.05, 0) is 63.1 Å². The first-order valence-corrected chi connectivity index (χ1v) is 12.5. The Hall–Kier alpha value is -1.63. The fourth-order valence-corrected chi connectivity index (χ4v) is 5.52. The maximum atomic E-state index is 12.7. The van der Waals surface area contributed by atoms with Crippen LogP contribution >= 0.6 is 0 Å². The van der Waals surface area contributed by atoms with Crippen LogP contribution in [0.2, 0.25) is 0 Å². The highest BCUT2D eigenvalue weighted by molar-refractivity contribution is 5.75. The Morgan fingerprint density at radius 1 is 1.14 bits per heavy atom. The molecule has 0 amide bonds. The Balaban J connectivity index is 1.22. The van der Waals surface area contributed by atoms with Crippen molar-refractivity contribution < 1.29 is 28.1 Å². The summed E-state index contributed by atoms with van der Waals surface area (Å²) < 4.78 is 43.9. The zero-order valence-corrected chi connectivity index (χ0v) is 20.3. The monoisotopic (exact) mass is 501 g/mol. The molecule has 198 valence electrons. The molecular weight excluding hydrogens is 463 g/mol. The van der Waals surface area contributed by atoms with Crippen LogP contribution in [0.1, 0.15) is 45.1 Å². The summed E-state index contributed by atoms with van der Waals surface area (Å²) in [7, 11) is 0. The van der Waals surface area contributed by atoms with E-state index in [4.69, 9.17) is 10.5 Å². The van der Waals surface area contributed by atoms with Gasteiger partial charge in [0.25, 0.3) is 0 Å². The maximum absolute atomic E-state index is 12.7. The zero-order chi connectivity index (χ0) is 25.3. The van der Waals surface area contributed by atoms with Crippen molar-refractivity contribution in [2.45, 2.75) is 94.9 Å². The Morgan fingerprint density at radius 3 is 2.51 bits per heavy atom. The lowest BCUT2D eigenvalue weighted by molar-refractivity contribution is -0.127. The number of nitrogens with one attached hydrogen (secondary N) is 3. The van der Waals surface area contributed by atoms with E-state index in [1.165, 1.54) is 6.07 Å². The summed E-state index contributed by atoms with van der Waals surface area (Å²) in [5, 5.41) is 30.1. The summed E-state index contributed by atoms with van der Waals surface area (Å²) in [4.78, 5) is 2.34. The summed E-state index contributed by atoms with van der Waals surface area (Å²) >= 11 is 0. The van der Waals surface area contributed by atoms with Crippen molar-refractivity contribution in [2.75, 3.05) is 23.8 Å². The molecule has 2 fully saturated rings. The molecule has 3 aliphatic rings. The zero-order valence-electron chi connectivity index (χ0n) is 20.3. The van der Waals surface area contributed by atoms with Crippen LogP contribution in [0.25, 0.3) is 0 Å². The predicted molar refractivity (Wildman–Crippen MR) is 128 cm³/mol. The van der Waals surface area contributed by atoms with Crippen molar-refractivity contribution in [3.05, 3.63) is 23.8 Å². The van der Waals surface area contributed by atoms with Crippen LogP contribution in [0.15, 0.2) is 18.2 Å². The number of anilines is 2. The van der Waals surface area contributed by atoms with Gasteiger partial charge in [-0.2, -0.15) is 13.2 Å². The topological polar surface area (TPSA) is 115 Å². The van der Waals surface area contributed by atoms with Crippen LogP contribution in [0.3, 0.4) is 0 Å². The molecule has 0 radical (unpaired) electrons. The molecule has 1 unspecified atom stereocenters. The molecule has 1 saturated heterocycles. The summed E-state index contributed by atoms with van der Waals surface area (Å²) in [5.41, 5.74) is 7.32. The van der Waals surface area contributed by atoms with E-state index in [2.05, 4.69) is 34.7 Å². The minimum absolute atomic E-state index is 0.0156. The normalized spacial score (nSPS) is 32.5. The SMILES string of the molecule is CC(C)N(C[C@H]1O[C@@H](NCN)[C@H](O)[C@@H]1O)C1CC(CCC2Nc3ccc(CC(F)(F)F)cc3N2)C1. The molecule has 11 heteroatoms. The molecule has 1 aromatic rings. The number of alkyl halides is 3. The second kappa shape index (κ2) is 10.8. The van der Waals surface area contributed by atoms with Gasteiger partial charge < -0.3 is 31.3 Å². The van der Waals surface area contributed by atoms with Crippen LogP contribution in [-0.2, 0) is 11.2 Å². The molecule has 0 spiro atoms. The summed E-state index contributed by atoms with van der Waals surface area (Å²) in [6.07, 6.45) is -4.25. The average molecular weight is 502 g/mol. The van der Waals surface area contributed by atoms with Gasteiger partial charge in [0.15, 0.2) is 0 Å². The molecule has 2 heterocycles. The lowest BCUT2D eigenvalue weighted by Gasteiger charge is -2.46. The number of ether oxygens (including phenoxy) is 1. The average Bonchev–Trinajstić information content (AvgIpc) is 3.26. The Bertz CT molecular complexity index is 852. The first kappa shape index (κ1) is 26.4. The van der Waals surface area contributed by atoms with E-state index in [-0.39, 0.29) is 24.4 Å². The molecular formula is C24H38F3N5O3. The second-order valence-corrected chi connectivity index (χ2v) is 10.4. The van der Waals surface area contributed by atoms with Gasteiger partial charge in [-0.15, -0.1) is 0 Å². The van der Waals surface area contributed by atoms with Crippen molar-refractivity contribution in [1.82, 2.24) is 10.2 Å². The number of rotatable bonds is 10. The molecule has 8 nitrogen and oxygen atoms in total. The largest absolute Gasteiger partial charge is 0.393 e. The Morgan fingerprint density at radius 2 is 1.86 bits per heavy atom. The van der Waals surface area contributed by atoms with Crippen molar-refractivity contribution >= 4 is 11.4 Å². The fraction of sp³-hybridized carbons (Fsp3) is 0.750. The molecule has 7 N–H and O–H groups in total. The van der Waals surface area contributed by atoms with E-state index in [0.29, 0.717) is 18.5 Å². The minimum atomic E-state index is -4.21. The van der Waals surface area contributed by atoms with Crippen molar-refractivity contribution in [3.8, 4) is 0 Å². The standard InChI is InChI=1S/C24H38F3N5O3/c1-13(2)32(11-19-21(33)22(34)23(35-19)29-12-28)16-7-14(8-16)4-6-20-30-17-5-3-15(9-18(17)31-20)10-24(25,26)27/h3,5,9,13-14,16,19-23,29-31,33-34H,4,6-8,10-12,28H2,1-2H3/t14?,16?,19-,20?,21-,22-,23-/m1/s1. The Kier molecular flexibility index (Phi) is 8.14. The minimum Gasteiger partial charge on any atom is -0.387 e. The van der Waals surface area contributed by atoms with Crippen molar-refractivity contribution in [3.63, 3.8) is 0 Å². The summed E-state index contributed by atoms with van der Waals surface area (Å²) in [5.74, 6) is 0.570. The lowest BCUT2D eigenvalue weighted by atomic mass is 9.76. The highest BCUT2D eigenvalue weighted by Crippen LogP contribution is 2.39. The number of aliphatic hydroxyl groups excluding tert-OH is 2. The third-order valence-corrected chi connectivity index (χ3v) is 7.43. The molecule has 1 saturated carbocycles. The maximum Gasteiger partial charge on any atom is 0.393 e. The number of nitrogens with zero attached hydrogens (tertiary/aromatic N) is 1. The molecule has 1 aromatic carbocycles. The predicted octanol–water partition coefficient (Wildman–Crippen LogP) is 2.18. The van der Waals surface area contributed by atoms with Crippen molar-refractivity contribution in [2.24, 2.45) is 11.7 Å². The number of benzene rings is 1. The van der Waals surface area contributed by atoms with Gasteiger partial charge in [0.05, 0.1) is 24.0 Å². The molecule has 1 aliphatic carbocycles. The van der Waals surface area contributed by atoms with Gasteiger partial charge in [-0.3, -0.25) is 10.2 Å². The van der Waals surface area contributed by atoms with E-state index in [1.54, 1.807) is 12.1 Å². The van der Waals surface area contributed by atoms with Crippen LogP contribution in [0, 0.1) is 5.92 Å². The van der Waals surface area contributed by atoms with Gasteiger partial charge in [0, 0.05) is 25.3 Å². The van der Waals surface area contributed by atoms with Gasteiger partial charge in [0.2, 0.25) is 0 Å². The first-order valence-electron chi connectivity index (χ1n) is 12.5. The second-order valence-electron chi connectivity index (χ2n) is 10.4. The molecule has 0 bridgehead atoms. The van der Waals surface area contributed by atoms with Crippen LogP contribution in [0.5, 0.6) is 0 Å². The van der Waals surface area contributed by atoms with Gasteiger partial charge in [-0.25, -0.2) is 0 Å². The van der Waals surface area contributed by atoms with Gasteiger partial charge in [-0.1, -0.05) is 6.07 Å². The fourth-order valence-electron chi connectivity index (χ4n) is 5.52. The highest BCUT2D eigenvalue weighted by atomic mass is 19.4. The third kappa shape index (κ3) is 6.39. The number of hydrogen-bond acceptors (Lipinski definition) is 8. The Labute approximate surface area is 204 Å². The number of nitrogens with two attached hydrogens (primary N) is 1. The quantitative estimate of drug-likeness (QED) is 0.271. The van der Waals surface area contributed by atoms with Crippen LogP contribution in [0.4, 0.5) is 24.5 Å². The smallest absolute Gasteiger partial charge is 0.387 e. The molecule has 4 rings (SSSR count). The number of hydrogen-bond donors (Lipinski definition) is 6. The van der Waals surface area contributed by atoms with E-state index in [9.17, 15) is 23.4 Å².